The van der Waals surface area contributed by atoms with Crippen LogP contribution >= 0.6 is 22.6 Å². The zero-order chi connectivity index (χ0) is 11.3. The summed E-state index contributed by atoms with van der Waals surface area (Å²) < 4.78 is 18.8. The molecule has 2 nitrogen and oxygen atoms in total. The third-order valence-electron chi connectivity index (χ3n) is 1.73. The second-order valence-corrected chi connectivity index (χ2v) is 4.50. The van der Waals surface area contributed by atoms with Gasteiger partial charge in [-0.25, -0.2) is 9.18 Å². The maximum Gasteiger partial charge on any atom is 0.341 e. The summed E-state index contributed by atoms with van der Waals surface area (Å²) in [6.45, 7) is 0.299. The summed E-state index contributed by atoms with van der Waals surface area (Å²) in [6.07, 6.45) is 0.716. The number of halogens is 2. The van der Waals surface area contributed by atoms with E-state index in [0.717, 1.165) is 6.04 Å². The molecule has 1 aromatic rings. The topological polar surface area (TPSA) is 26.3 Å². The normalized spacial score (nSPS) is 10.1. The van der Waals surface area contributed by atoms with Gasteiger partial charge in [0.2, 0.25) is 0 Å². The molecule has 0 aliphatic heterocycles. The van der Waals surface area contributed by atoms with Crippen LogP contribution in [-0.4, -0.2) is 22.8 Å². The van der Waals surface area contributed by atoms with Gasteiger partial charge in [0.15, 0.2) is 5.82 Å². The van der Waals surface area contributed by atoms with Gasteiger partial charge in [-0.1, -0.05) is 12.1 Å². The molecule has 0 N–H and O–H groups in total. The molecule has 0 amide bonds. The minimum atomic E-state index is -0.605. The van der Waals surface area contributed by atoms with E-state index in [4.69, 9.17) is 4.74 Å². The van der Waals surface area contributed by atoms with E-state index in [1.54, 1.807) is 12.1 Å². The summed E-state index contributed by atoms with van der Waals surface area (Å²) in [5.74, 6) is -1.12. The van der Waals surface area contributed by atoms with E-state index in [1.807, 2.05) is 22.6 Å². The Labute approximate surface area is 105 Å². The van der Waals surface area contributed by atoms with Crippen molar-refractivity contribution in [1.82, 2.24) is 0 Å². The van der Waals surface area contributed by atoms with E-state index in [1.165, 1.54) is 6.07 Å². The van der Waals surface area contributed by atoms with E-state index in [9.17, 15) is 9.18 Å². The summed E-state index contributed by atoms with van der Waals surface area (Å²) in [7, 11) is 3.26. The zero-order valence-electron chi connectivity index (χ0n) is 7.93. The SMILES string of the molecule is O=C(OCCC[Si])c1cccc(I)c1F. The molecule has 0 fully saturated rings. The van der Waals surface area contributed by atoms with E-state index in [-0.39, 0.29) is 5.56 Å². The first-order valence-corrected chi connectivity index (χ1v) is 6.21. The van der Waals surface area contributed by atoms with Crippen molar-refractivity contribution in [2.45, 2.75) is 12.5 Å². The molecule has 5 heteroatoms. The van der Waals surface area contributed by atoms with E-state index in [2.05, 4.69) is 10.2 Å². The van der Waals surface area contributed by atoms with Crippen LogP contribution in [-0.2, 0) is 4.74 Å². The number of ether oxygens (including phenoxy) is 1. The smallest absolute Gasteiger partial charge is 0.341 e. The molecule has 15 heavy (non-hydrogen) atoms. The maximum atomic E-state index is 13.4. The Hall–Kier alpha value is -0.433. The first kappa shape index (κ1) is 12.6. The largest absolute Gasteiger partial charge is 0.462 e. The monoisotopic (exact) mass is 335 g/mol. The highest BCUT2D eigenvalue weighted by Crippen LogP contribution is 2.15. The van der Waals surface area contributed by atoms with Crippen molar-refractivity contribution >= 4 is 38.8 Å². The Balaban J connectivity index is 2.69. The molecule has 0 aliphatic rings. The van der Waals surface area contributed by atoms with Gasteiger partial charge in [-0.05, 0) is 41.1 Å². The lowest BCUT2D eigenvalue weighted by atomic mass is 10.2. The van der Waals surface area contributed by atoms with Crippen LogP contribution in [0.25, 0.3) is 0 Å². The molecule has 79 valence electrons. The van der Waals surface area contributed by atoms with E-state index >= 15 is 0 Å². The quantitative estimate of drug-likeness (QED) is 0.366. The summed E-state index contributed by atoms with van der Waals surface area (Å²) >= 11 is 1.84. The predicted octanol–water partition coefficient (Wildman–Crippen LogP) is 2.56. The summed E-state index contributed by atoms with van der Waals surface area (Å²) in [5.41, 5.74) is -0.00383. The molecule has 1 aromatic carbocycles. The van der Waals surface area contributed by atoms with Crippen LogP contribution in [0.15, 0.2) is 18.2 Å². The standard InChI is InChI=1S/C10H9FIO2Si/c11-9-7(3-1-4-8(9)12)10(13)14-5-2-6-15/h1,3-4H,2,5-6H2. The fourth-order valence-electron chi connectivity index (χ4n) is 0.976. The molecule has 0 saturated carbocycles. The molecule has 0 aliphatic carbocycles. The van der Waals surface area contributed by atoms with E-state index < -0.39 is 11.8 Å². The van der Waals surface area contributed by atoms with Crippen LogP contribution < -0.4 is 0 Å². The Bertz CT molecular complexity index is 357. The number of benzene rings is 1. The molecule has 0 saturated heterocycles. The van der Waals surface area contributed by atoms with Gasteiger partial charge in [0, 0.05) is 13.8 Å². The number of rotatable bonds is 4. The summed E-state index contributed by atoms with van der Waals surface area (Å²) in [5, 5.41) is 0. The molecule has 0 spiro atoms. The van der Waals surface area contributed by atoms with Gasteiger partial charge in [-0.3, -0.25) is 0 Å². The Morgan fingerprint density at radius 3 is 2.93 bits per heavy atom. The Morgan fingerprint density at radius 2 is 2.27 bits per heavy atom. The lowest BCUT2D eigenvalue weighted by molar-refractivity contribution is 0.0500. The average molecular weight is 335 g/mol. The van der Waals surface area contributed by atoms with Crippen molar-refractivity contribution in [2.75, 3.05) is 6.61 Å². The molecule has 0 heterocycles. The van der Waals surface area contributed by atoms with Crippen LogP contribution in [0.4, 0.5) is 4.39 Å². The Morgan fingerprint density at radius 1 is 1.53 bits per heavy atom. The molecule has 3 radical (unpaired) electrons. The van der Waals surface area contributed by atoms with Crippen LogP contribution in [0.2, 0.25) is 6.04 Å². The second-order valence-electron chi connectivity index (χ2n) is 2.84. The highest BCUT2D eigenvalue weighted by atomic mass is 127. The van der Waals surface area contributed by atoms with Gasteiger partial charge in [0.1, 0.15) is 0 Å². The molecule has 0 aromatic heterocycles. The van der Waals surface area contributed by atoms with Crippen molar-refractivity contribution in [2.24, 2.45) is 0 Å². The lowest BCUT2D eigenvalue weighted by Crippen LogP contribution is -2.09. The third kappa shape index (κ3) is 3.56. The average Bonchev–Trinajstić information content (AvgIpc) is 2.22. The van der Waals surface area contributed by atoms with E-state index in [0.29, 0.717) is 16.6 Å². The molecular formula is C10H9FIO2Si. The molecule has 0 bridgehead atoms. The fraction of sp³-hybridized carbons (Fsp3) is 0.300. The van der Waals surface area contributed by atoms with Crippen LogP contribution in [0.3, 0.4) is 0 Å². The van der Waals surface area contributed by atoms with Crippen molar-refractivity contribution < 1.29 is 13.9 Å². The van der Waals surface area contributed by atoms with Crippen molar-refractivity contribution in [3.05, 3.63) is 33.1 Å². The number of carbonyl (C=O) groups excluding carboxylic acids is 1. The third-order valence-corrected chi connectivity index (χ3v) is 2.91. The second kappa shape index (κ2) is 6.22. The van der Waals surface area contributed by atoms with Gasteiger partial charge < -0.3 is 4.74 Å². The first-order valence-electron chi connectivity index (χ1n) is 4.42. The molecule has 0 unspecified atom stereocenters. The molecule has 0 atom stereocenters. The van der Waals surface area contributed by atoms with Crippen molar-refractivity contribution in [3.63, 3.8) is 0 Å². The number of hydrogen-bond acceptors (Lipinski definition) is 2. The lowest BCUT2D eigenvalue weighted by Gasteiger charge is -2.05. The van der Waals surface area contributed by atoms with Crippen LogP contribution in [0.1, 0.15) is 16.8 Å². The van der Waals surface area contributed by atoms with Crippen LogP contribution in [0, 0.1) is 9.39 Å². The minimum absolute atomic E-state index is 0.00383. The Kier molecular flexibility index (Phi) is 5.24. The van der Waals surface area contributed by atoms with Crippen LogP contribution in [0.5, 0.6) is 0 Å². The molecule has 1 rings (SSSR count). The van der Waals surface area contributed by atoms with Gasteiger partial charge in [0.25, 0.3) is 0 Å². The molecular weight excluding hydrogens is 326 g/mol. The van der Waals surface area contributed by atoms with Gasteiger partial charge in [-0.2, -0.15) is 0 Å². The number of esters is 1. The van der Waals surface area contributed by atoms with Gasteiger partial charge in [0.05, 0.1) is 12.2 Å². The zero-order valence-corrected chi connectivity index (χ0v) is 11.1. The van der Waals surface area contributed by atoms with Crippen molar-refractivity contribution in [3.8, 4) is 0 Å². The minimum Gasteiger partial charge on any atom is -0.462 e. The first-order chi connectivity index (χ1) is 7.16. The van der Waals surface area contributed by atoms with Gasteiger partial charge >= 0.3 is 5.97 Å². The maximum absolute atomic E-state index is 13.4. The van der Waals surface area contributed by atoms with Crippen molar-refractivity contribution in [1.29, 1.82) is 0 Å². The fourth-order valence-corrected chi connectivity index (χ4v) is 1.62. The summed E-state index contributed by atoms with van der Waals surface area (Å²) in [6, 6.07) is 5.41. The predicted molar refractivity (Wildman–Crippen MR) is 64.6 cm³/mol. The summed E-state index contributed by atoms with van der Waals surface area (Å²) in [4.78, 5) is 11.4. The highest BCUT2D eigenvalue weighted by molar-refractivity contribution is 14.1. The number of hydrogen-bond donors (Lipinski definition) is 0. The highest BCUT2D eigenvalue weighted by Gasteiger charge is 2.14. The van der Waals surface area contributed by atoms with Gasteiger partial charge in [-0.15, -0.1) is 0 Å². The number of carbonyl (C=O) groups is 1.